The molecular formula is C17H23N3O5. The lowest BCUT2D eigenvalue weighted by molar-refractivity contribution is -0.384. The predicted octanol–water partition coefficient (Wildman–Crippen LogP) is 2.27. The van der Waals surface area contributed by atoms with Crippen molar-refractivity contribution in [2.45, 2.75) is 39.2 Å². The van der Waals surface area contributed by atoms with Gasteiger partial charge in [0, 0.05) is 25.7 Å². The topological polar surface area (TPSA) is 102 Å². The van der Waals surface area contributed by atoms with E-state index in [0.717, 1.165) is 32.4 Å². The zero-order chi connectivity index (χ0) is 18.4. The van der Waals surface area contributed by atoms with Crippen LogP contribution in [0.5, 0.6) is 0 Å². The number of rotatable bonds is 6. The highest BCUT2D eigenvalue weighted by Gasteiger charge is 2.25. The Morgan fingerprint density at radius 3 is 2.60 bits per heavy atom. The van der Waals surface area contributed by atoms with Crippen molar-refractivity contribution in [2.24, 2.45) is 0 Å². The van der Waals surface area contributed by atoms with Gasteiger partial charge in [-0.1, -0.05) is 0 Å². The van der Waals surface area contributed by atoms with E-state index in [0.29, 0.717) is 12.2 Å². The van der Waals surface area contributed by atoms with E-state index in [1.165, 1.54) is 19.1 Å². The molecule has 136 valence electrons. The van der Waals surface area contributed by atoms with Crippen molar-refractivity contribution in [1.29, 1.82) is 0 Å². The second-order valence-electron chi connectivity index (χ2n) is 5.95. The molecule has 0 bridgehead atoms. The molecule has 0 saturated carbocycles. The van der Waals surface area contributed by atoms with Gasteiger partial charge in [-0.3, -0.25) is 14.9 Å². The summed E-state index contributed by atoms with van der Waals surface area (Å²) >= 11 is 0. The second kappa shape index (κ2) is 8.46. The number of esters is 1. The Labute approximate surface area is 146 Å². The number of hydrogen-bond acceptors (Lipinski definition) is 6. The predicted molar refractivity (Wildman–Crippen MR) is 92.7 cm³/mol. The summed E-state index contributed by atoms with van der Waals surface area (Å²) in [5.41, 5.74) is 0.448. The highest BCUT2D eigenvalue weighted by molar-refractivity contribution is 5.93. The summed E-state index contributed by atoms with van der Waals surface area (Å²) < 4.78 is 5.08. The molecule has 1 heterocycles. The highest BCUT2D eigenvalue weighted by Crippen LogP contribution is 2.31. The summed E-state index contributed by atoms with van der Waals surface area (Å²) in [4.78, 5) is 36.7. The van der Waals surface area contributed by atoms with Gasteiger partial charge < -0.3 is 15.0 Å². The minimum absolute atomic E-state index is 0.0589. The van der Waals surface area contributed by atoms with Gasteiger partial charge in [-0.15, -0.1) is 0 Å². The van der Waals surface area contributed by atoms with Crippen LogP contribution in [0, 0.1) is 10.1 Å². The van der Waals surface area contributed by atoms with Gasteiger partial charge in [0.25, 0.3) is 11.6 Å². The molecule has 2 rings (SSSR count). The van der Waals surface area contributed by atoms with Crippen LogP contribution in [0.4, 0.5) is 11.4 Å². The summed E-state index contributed by atoms with van der Waals surface area (Å²) in [5, 5.41) is 14.0. The van der Waals surface area contributed by atoms with Gasteiger partial charge in [-0.25, -0.2) is 4.79 Å². The average molecular weight is 349 g/mol. The van der Waals surface area contributed by atoms with E-state index in [1.54, 1.807) is 13.0 Å². The van der Waals surface area contributed by atoms with Crippen LogP contribution in [0.3, 0.4) is 0 Å². The van der Waals surface area contributed by atoms with Crippen LogP contribution in [0.25, 0.3) is 0 Å². The fourth-order valence-electron chi connectivity index (χ4n) is 2.80. The molecule has 1 aliphatic heterocycles. The number of hydrogen-bond donors (Lipinski definition) is 1. The van der Waals surface area contributed by atoms with Crippen LogP contribution in [0.2, 0.25) is 0 Å². The first-order valence-electron chi connectivity index (χ1n) is 8.46. The van der Waals surface area contributed by atoms with Crippen molar-refractivity contribution in [3.63, 3.8) is 0 Å². The van der Waals surface area contributed by atoms with Crippen molar-refractivity contribution in [3.8, 4) is 0 Å². The quantitative estimate of drug-likeness (QED) is 0.480. The number of nitrogens with one attached hydrogen (secondary N) is 1. The molecule has 1 aliphatic rings. The molecule has 8 nitrogen and oxygen atoms in total. The zero-order valence-electron chi connectivity index (χ0n) is 14.5. The molecule has 1 amide bonds. The number of nitro benzene ring substituents is 1. The number of carbonyl (C=O) groups is 2. The highest BCUT2D eigenvalue weighted by atomic mass is 16.6. The van der Waals surface area contributed by atoms with Crippen LogP contribution >= 0.6 is 0 Å². The number of likely N-dealkylation sites (N-methyl/N-ethyl adjacent to an activating group) is 1. The molecule has 0 spiro atoms. The van der Waals surface area contributed by atoms with Gasteiger partial charge in [-0.05, 0) is 45.2 Å². The molecular weight excluding hydrogens is 326 g/mol. The largest absolute Gasteiger partial charge is 0.449 e. The molecule has 1 aromatic carbocycles. The number of piperidine rings is 1. The maximum Gasteiger partial charge on any atom is 0.339 e. The summed E-state index contributed by atoms with van der Waals surface area (Å²) in [6.07, 6.45) is 2.14. The summed E-state index contributed by atoms with van der Waals surface area (Å²) in [6.45, 7) is 5.17. The molecule has 1 N–H and O–H groups in total. The van der Waals surface area contributed by atoms with Gasteiger partial charge in [-0.2, -0.15) is 0 Å². The van der Waals surface area contributed by atoms with Crippen LogP contribution in [0.15, 0.2) is 18.2 Å². The summed E-state index contributed by atoms with van der Waals surface area (Å²) in [6, 6.07) is 4.30. The third-order valence-electron chi connectivity index (χ3n) is 4.11. The smallest absolute Gasteiger partial charge is 0.339 e. The fourth-order valence-corrected chi connectivity index (χ4v) is 2.80. The minimum Gasteiger partial charge on any atom is -0.449 e. The normalized spacial score (nSPS) is 15.4. The van der Waals surface area contributed by atoms with Crippen molar-refractivity contribution in [3.05, 3.63) is 33.9 Å². The molecule has 0 aliphatic carbocycles. The lowest BCUT2D eigenvalue weighted by Gasteiger charge is -2.28. The number of benzene rings is 1. The molecule has 25 heavy (non-hydrogen) atoms. The number of carbonyl (C=O) groups excluding carboxylic acids is 2. The maximum absolute atomic E-state index is 12.2. The van der Waals surface area contributed by atoms with Gasteiger partial charge in [0.15, 0.2) is 6.10 Å². The van der Waals surface area contributed by atoms with Crippen LogP contribution in [0.1, 0.15) is 43.5 Å². The molecule has 0 aromatic heterocycles. The first-order valence-corrected chi connectivity index (χ1v) is 8.46. The van der Waals surface area contributed by atoms with Gasteiger partial charge in [0.1, 0.15) is 5.69 Å². The number of nitrogens with zero attached hydrogens (tertiary/aromatic N) is 2. The third kappa shape index (κ3) is 4.68. The van der Waals surface area contributed by atoms with Crippen molar-refractivity contribution < 1.29 is 19.2 Å². The summed E-state index contributed by atoms with van der Waals surface area (Å²) in [7, 11) is 0. The maximum atomic E-state index is 12.2. The molecule has 8 heteroatoms. The van der Waals surface area contributed by atoms with E-state index in [1.807, 2.05) is 4.90 Å². The fraction of sp³-hybridized carbons (Fsp3) is 0.529. The van der Waals surface area contributed by atoms with E-state index < -0.39 is 22.9 Å². The monoisotopic (exact) mass is 349 g/mol. The average Bonchev–Trinajstić information content (AvgIpc) is 2.62. The van der Waals surface area contributed by atoms with E-state index >= 15 is 0 Å². The standard InChI is InChI=1S/C17H23N3O5/c1-3-18-16(21)12(2)25-17(22)13-7-8-14(15(11-13)20(23)24)19-9-5-4-6-10-19/h7-8,11-12H,3-6,9-10H2,1-2H3,(H,18,21)/t12-/m0/s1. The zero-order valence-corrected chi connectivity index (χ0v) is 14.5. The number of nitro groups is 1. The van der Waals surface area contributed by atoms with Crippen LogP contribution in [-0.2, 0) is 9.53 Å². The van der Waals surface area contributed by atoms with Gasteiger partial charge in [0.2, 0.25) is 0 Å². The Bertz CT molecular complexity index is 656. The molecule has 0 unspecified atom stereocenters. The Morgan fingerprint density at radius 2 is 2.00 bits per heavy atom. The van der Waals surface area contributed by atoms with Gasteiger partial charge >= 0.3 is 5.97 Å². The molecule has 1 saturated heterocycles. The molecule has 1 fully saturated rings. The Kier molecular flexibility index (Phi) is 6.32. The third-order valence-corrected chi connectivity index (χ3v) is 4.11. The van der Waals surface area contributed by atoms with E-state index in [4.69, 9.17) is 4.74 Å². The number of ether oxygens (including phenoxy) is 1. The lowest BCUT2D eigenvalue weighted by atomic mass is 10.1. The Hall–Kier alpha value is -2.64. The van der Waals surface area contributed by atoms with Crippen LogP contribution in [-0.4, -0.2) is 42.5 Å². The Balaban J connectivity index is 2.18. The second-order valence-corrected chi connectivity index (χ2v) is 5.95. The van der Waals surface area contributed by atoms with E-state index in [-0.39, 0.29) is 11.3 Å². The Morgan fingerprint density at radius 1 is 1.32 bits per heavy atom. The minimum atomic E-state index is -0.965. The van der Waals surface area contributed by atoms with Crippen molar-refractivity contribution >= 4 is 23.3 Å². The first-order chi connectivity index (χ1) is 11.9. The lowest BCUT2D eigenvalue weighted by Crippen LogP contribution is -2.35. The molecule has 1 atom stereocenters. The van der Waals surface area contributed by atoms with E-state index in [2.05, 4.69) is 5.32 Å². The van der Waals surface area contributed by atoms with E-state index in [9.17, 15) is 19.7 Å². The molecule has 0 radical (unpaired) electrons. The van der Waals surface area contributed by atoms with Gasteiger partial charge in [0.05, 0.1) is 10.5 Å². The number of amides is 1. The molecule has 1 aromatic rings. The van der Waals surface area contributed by atoms with Crippen molar-refractivity contribution in [1.82, 2.24) is 5.32 Å². The van der Waals surface area contributed by atoms with Crippen LogP contribution < -0.4 is 10.2 Å². The first kappa shape index (κ1) is 18.7. The SMILES string of the molecule is CCNC(=O)[C@H](C)OC(=O)c1ccc(N2CCCCC2)c([N+](=O)[O-])c1. The van der Waals surface area contributed by atoms with Crippen molar-refractivity contribution in [2.75, 3.05) is 24.5 Å². The number of anilines is 1. The summed E-state index contributed by atoms with van der Waals surface area (Å²) in [5.74, 6) is -1.16.